The number of quaternary nitrogens is 2. The van der Waals surface area contributed by atoms with Crippen molar-refractivity contribution in [1.82, 2.24) is 20.2 Å². The average molecular weight is 389 g/mol. The largest absolute Gasteiger partial charge is 0.496 e. The van der Waals surface area contributed by atoms with Crippen LogP contribution in [0.2, 0.25) is 0 Å². The Morgan fingerprint density at radius 3 is 2.50 bits per heavy atom. The van der Waals surface area contributed by atoms with E-state index in [2.05, 4.69) is 61.4 Å². The molecule has 0 aliphatic carbocycles. The van der Waals surface area contributed by atoms with E-state index in [1.54, 1.807) is 16.9 Å². The van der Waals surface area contributed by atoms with E-state index in [4.69, 9.17) is 4.74 Å². The van der Waals surface area contributed by atoms with Gasteiger partial charge in [-0.25, -0.2) is 4.68 Å². The Morgan fingerprint density at radius 2 is 1.86 bits per heavy atom. The fourth-order valence-corrected chi connectivity index (χ4v) is 4.26. The fourth-order valence-electron chi connectivity index (χ4n) is 4.26. The number of ether oxygens (including phenoxy) is 1. The first kappa shape index (κ1) is 20.7. The molecule has 1 saturated heterocycles. The van der Waals surface area contributed by atoms with Crippen LogP contribution in [0.1, 0.15) is 58.0 Å². The van der Waals surface area contributed by atoms with Crippen molar-refractivity contribution in [2.45, 2.75) is 58.7 Å². The Hall–Kier alpha value is -1.99. The molecular weight excluding hydrogens is 352 g/mol. The zero-order valence-electron chi connectivity index (χ0n) is 18.0. The van der Waals surface area contributed by atoms with E-state index in [1.807, 2.05) is 10.7 Å². The van der Waals surface area contributed by atoms with Gasteiger partial charge in [0.2, 0.25) is 5.82 Å². The summed E-state index contributed by atoms with van der Waals surface area (Å²) >= 11 is 0. The van der Waals surface area contributed by atoms with Gasteiger partial charge >= 0.3 is 0 Å². The standard InChI is InChI=1S/C21H34N6O/c1-6-9-18(20-22-23-24-27(20)21(2,3)4)26-14-12-25(13-15-26)16-17-10-7-8-11-19(17)28-5/h7-8,10-11,18H,6,9,12-16H2,1-5H3/p+2/t18-/m1/s1. The predicted octanol–water partition coefficient (Wildman–Crippen LogP) is 0.262. The van der Waals surface area contributed by atoms with Gasteiger partial charge in [-0.1, -0.05) is 25.5 Å². The van der Waals surface area contributed by atoms with Gasteiger partial charge in [-0.05, 0) is 43.3 Å². The van der Waals surface area contributed by atoms with E-state index < -0.39 is 0 Å². The topological polar surface area (TPSA) is 61.7 Å². The van der Waals surface area contributed by atoms with Crippen LogP contribution in [0.4, 0.5) is 0 Å². The highest BCUT2D eigenvalue weighted by Gasteiger charge is 2.35. The van der Waals surface area contributed by atoms with Gasteiger partial charge in [-0.15, -0.1) is 5.10 Å². The molecule has 7 nitrogen and oxygen atoms in total. The van der Waals surface area contributed by atoms with Crippen molar-refractivity contribution in [3.8, 4) is 5.75 Å². The Labute approximate surface area is 168 Å². The van der Waals surface area contributed by atoms with Crippen molar-refractivity contribution in [1.29, 1.82) is 0 Å². The second-order valence-electron chi connectivity index (χ2n) is 8.86. The molecule has 1 aromatic carbocycles. The Bertz CT molecular complexity index is 745. The molecule has 1 aliphatic heterocycles. The third-order valence-electron chi connectivity index (χ3n) is 5.74. The summed E-state index contributed by atoms with van der Waals surface area (Å²) in [7, 11) is 1.75. The molecule has 2 aromatic rings. The quantitative estimate of drug-likeness (QED) is 0.714. The minimum Gasteiger partial charge on any atom is -0.496 e. The smallest absolute Gasteiger partial charge is 0.209 e. The molecule has 2 N–H and O–H groups in total. The van der Waals surface area contributed by atoms with Crippen LogP contribution in [0, 0.1) is 0 Å². The Balaban J connectivity index is 1.67. The summed E-state index contributed by atoms with van der Waals surface area (Å²) in [6.45, 7) is 14.4. The summed E-state index contributed by atoms with van der Waals surface area (Å²) < 4.78 is 7.55. The van der Waals surface area contributed by atoms with Gasteiger partial charge < -0.3 is 14.5 Å². The van der Waals surface area contributed by atoms with Gasteiger partial charge in [-0.3, -0.25) is 0 Å². The first-order valence-electron chi connectivity index (χ1n) is 10.5. The second kappa shape index (κ2) is 9.01. The molecular formula is C21H36N6O+2. The third kappa shape index (κ3) is 4.70. The summed E-state index contributed by atoms with van der Waals surface area (Å²) in [5, 5.41) is 12.7. The molecule has 0 amide bonds. The zero-order chi connectivity index (χ0) is 20.1. The Morgan fingerprint density at radius 1 is 1.14 bits per heavy atom. The van der Waals surface area contributed by atoms with Crippen LogP contribution < -0.4 is 14.5 Å². The first-order chi connectivity index (χ1) is 13.4. The van der Waals surface area contributed by atoms with E-state index >= 15 is 0 Å². The molecule has 0 bridgehead atoms. The van der Waals surface area contributed by atoms with Gasteiger partial charge in [0.1, 0.15) is 44.5 Å². The lowest BCUT2D eigenvalue weighted by molar-refractivity contribution is -1.03. The lowest BCUT2D eigenvalue weighted by Crippen LogP contribution is -3.27. The normalized spacial score (nSPS) is 21.5. The van der Waals surface area contributed by atoms with Crippen molar-refractivity contribution in [3.63, 3.8) is 0 Å². The number of aromatic nitrogens is 4. The van der Waals surface area contributed by atoms with E-state index in [0.717, 1.165) is 57.1 Å². The number of hydrogen-bond donors (Lipinski definition) is 2. The van der Waals surface area contributed by atoms with Crippen molar-refractivity contribution >= 4 is 0 Å². The number of rotatable bonds is 7. The molecule has 1 aromatic heterocycles. The lowest BCUT2D eigenvalue weighted by atomic mass is 10.0. The number of para-hydroxylation sites is 1. The molecule has 7 heteroatoms. The summed E-state index contributed by atoms with van der Waals surface area (Å²) in [5.41, 5.74) is 1.20. The number of nitrogens with zero attached hydrogens (tertiary/aromatic N) is 4. The minimum atomic E-state index is -0.0960. The third-order valence-corrected chi connectivity index (χ3v) is 5.74. The summed E-state index contributed by atoms with van der Waals surface area (Å²) in [4.78, 5) is 3.24. The van der Waals surface area contributed by atoms with E-state index in [1.165, 1.54) is 5.56 Å². The molecule has 28 heavy (non-hydrogen) atoms. The molecule has 3 rings (SSSR count). The van der Waals surface area contributed by atoms with Crippen LogP contribution in [0.5, 0.6) is 5.75 Å². The minimum absolute atomic E-state index is 0.0960. The van der Waals surface area contributed by atoms with Crippen molar-refractivity contribution < 1.29 is 14.5 Å². The van der Waals surface area contributed by atoms with Gasteiger partial charge in [0.15, 0.2) is 0 Å². The number of nitrogens with one attached hydrogen (secondary N) is 2. The maximum atomic E-state index is 5.53. The maximum Gasteiger partial charge on any atom is 0.209 e. The summed E-state index contributed by atoms with van der Waals surface area (Å²) in [6, 6.07) is 8.74. The molecule has 1 atom stereocenters. The van der Waals surface area contributed by atoms with E-state index in [0.29, 0.717) is 6.04 Å². The molecule has 154 valence electrons. The summed E-state index contributed by atoms with van der Waals surface area (Å²) in [5.74, 6) is 2.04. The maximum absolute atomic E-state index is 5.53. The highest BCUT2D eigenvalue weighted by Crippen LogP contribution is 2.20. The van der Waals surface area contributed by atoms with Gasteiger partial charge in [0.25, 0.3) is 0 Å². The number of piperazine rings is 1. The SMILES string of the molecule is CCC[C@H](c1nnnn1C(C)(C)C)[NH+]1CC[NH+](Cc2ccccc2OC)CC1. The van der Waals surface area contributed by atoms with Gasteiger partial charge in [0, 0.05) is 12.0 Å². The van der Waals surface area contributed by atoms with Gasteiger partial charge in [0.05, 0.1) is 12.6 Å². The highest BCUT2D eigenvalue weighted by atomic mass is 16.5. The van der Waals surface area contributed by atoms with Crippen LogP contribution >= 0.6 is 0 Å². The van der Waals surface area contributed by atoms with Crippen LogP contribution in [0.15, 0.2) is 24.3 Å². The van der Waals surface area contributed by atoms with Crippen molar-refractivity contribution in [3.05, 3.63) is 35.7 Å². The van der Waals surface area contributed by atoms with Crippen LogP contribution in [0.25, 0.3) is 0 Å². The second-order valence-corrected chi connectivity index (χ2v) is 8.86. The zero-order valence-corrected chi connectivity index (χ0v) is 18.0. The first-order valence-corrected chi connectivity index (χ1v) is 10.5. The highest BCUT2D eigenvalue weighted by molar-refractivity contribution is 5.32. The predicted molar refractivity (Wildman–Crippen MR) is 109 cm³/mol. The van der Waals surface area contributed by atoms with Crippen LogP contribution in [-0.2, 0) is 12.1 Å². The molecule has 0 saturated carbocycles. The number of tetrazole rings is 1. The van der Waals surface area contributed by atoms with Crippen molar-refractivity contribution in [2.24, 2.45) is 0 Å². The number of hydrogen-bond acceptors (Lipinski definition) is 4. The lowest BCUT2D eigenvalue weighted by Gasteiger charge is -2.35. The fraction of sp³-hybridized carbons (Fsp3) is 0.667. The summed E-state index contributed by atoms with van der Waals surface area (Å²) in [6.07, 6.45) is 2.26. The molecule has 2 heterocycles. The Kier molecular flexibility index (Phi) is 6.67. The number of methoxy groups -OCH3 is 1. The number of benzene rings is 1. The molecule has 0 spiro atoms. The molecule has 0 radical (unpaired) electrons. The average Bonchev–Trinajstić information content (AvgIpc) is 3.17. The molecule has 1 aliphatic rings. The monoisotopic (exact) mass is 388 g/mol. The molecule has 1 fully saturated rings. The molecule has 0 unspecified atom stereocenters. The van der Waals surface area contributed by atoms with Gasteiger partial charge in [-0.2, -0.15) is 0 Å². The van der Waals surface area contributed by atoms with Crippen LogP contribution in [0.3, 0.4) is 0 Å². The van der Waals surface area contributed by atoms with E-state index in [-0.39, 0.29) is 5.54 Å². The van der Waals surface area contributed by atoms with Crippen molar-refractivity contribution in [2.75, 3.05) is 33.3 Å². The van der Waals surface area contributed by atoms with Crippen LogP contribution in [-0.4, -0.2) is 53.5 Å². The van der Waals surface area contributed by atoms with E-state index in [9.17, 15) is 0 Å².